The molecule has 0 fully saturated rings. The van der Waals surface area contributed by atoms with Gasteiger partial charge in [0.05, 0.1) is 26.4 Å². The first kappa shape index (κ1) is 94.4. The van der Waals surface area contributed by atoms with E-state index in [2.05, 4.69) is 167 Å². The standard InChI is InChI=1S/C81H136O16P2/c1-4-7-10-13-16-19-22-25-28-31-33-34-35-36-37-38-39-40-42-45-46-49-52-55-58-61-64-67-79(84)91-70-76(82)71-93-98(87,88)94-72-77(83)73-95-99(89,90)96-75-78(97-81(86)69-66-63-60-57-54-51-48-43-30-27-24-21-18-15-12-9-6-3)74-92-80(85)68-65-62-59-56-53-50-47-44-41-32-29-26-23-20-17-14-11-8-5-2/h8-9,11-12,16-21,25-30,33-34,36-37,41,44,50,53,76-78,82-83H,4-7,10,13-15,22-24,31-32,35,38-40,42-43,45-49,51-52,54-75H2,1-3H3,(H,87,88)(H,89,90)/b11-8-,12-9-,19-16-,20-17-,21-18-,28-25-,29-26-,30-27-,34-33-,37-36-,44-41-,53-50-. The monoisotopic (exact) mass is 1430 g/mol. The number of esters is 3. The van der Waals surface area contributed by atoms with Crippen molar-refractivity contribution in [3.05, 3.63) is 146 Å². The molecule has 0 aliphatic heterocycles. The van der Waals surface area contributed by atoms with Crippen molar-refractivity contribution in [1.82, 2.24) is 0 Å². The Kier molecular flexibility index (Phi) is 69.8. The lowest BCUT2D eigenvalue weighted by Gasteiger charge is -2.21. The van der Waals surface area contributed by atoms with Crippen LogP contribution < -0.4 is 0 Å². The van der Waals surface area contributed by atoms with E-state index in [4.69, 9.17) is 32.3 Å². The number of aliphatic hydroxyl groups excluding tert-OH is 2. The van der Waals surface area contributed by atoms with E-state index in [9.17, 15) is 43.5 Å². The molecule has 0 aliphatic carbocycles. The number of hydrogen-bond acceptors (Lipinski definition) is 14. The highest BCUT2D eigenvalue weighted by atomic mass is 31.2. The zero-order chi connectivity index (χ0) is 72.3. The van der Waals surface area contributed by atoms with E-state index >= 15 is 0 Å². The van der Waals surface area contributed by atoms with Gasteiger partial charge in [-0.15, -0.1) is 0 Å². The molecule has 5 atom stereocenters. The second-order valence-electron chi connectivity index (χ2n) is 25.0. The van der Waals surface area contributed by atoms with Crippen molar-refractivity contribution in [2.45, 2.75) is 309 Å². The van der Waals surface area contributed by atoms with Gasteiger partial charge >= 0.3 is 33.6 Å². The summed E-state index contributed by atoms with van der Waals surface area (Å²) in [4.78, 5) is 58.6. The topological polar surface area (TPSA) is 231 Å². The molecule has 0 rings (SSSR count). The van der Waals surface area contributed by atoms with Crippen LogP contribution in [0.2, 0.25) is 0 Å². The highest BCUT2D eigenvalue weighted by Crippen LogP contribution is 2.45. The van der Waals surface area contributed by atoms with Gasteiger partial charge in [0.25, 0.3) is 0 Å². The number of carbonyl (C=O) groups excluding carboxylic acids is 3. The number of phosphoric ester groups is 2. The Hall–Kier alpha value is -4.57. The van der Waals surface area contributed by atoms with Crippen LogP contribution >= 0.6 is 15.6 Å². The van der Waals surface area contributed by atoms with Crippen molar-refractivity contribution >= 4 is 33.6 Å². The van der Waals surface area contributed by atoms with Crippen LogP contribution in [0.25, 0.3) is 0 Å². The van der Waals surface area contributed by atoms with Crippen LogP contribution in [0, 0.1) is 0 Å². The number of carbonyl (C=O) groups is 3. The van der Waals surface area contributed by atoms with Crippen molar-refractivity contribution in [2.24, 2.45) is 0 Å². The van der Waals surface area contributed by atoms with Crippen LogP contribution in [0.15, 0.2) is 146 Å². The number of aliphatic hydroxyl groups is 2. The Bertz CT molecular complexity index is 2380. The number of ether oxygens (including phenoxy) is 3. The van der Waals surface area contributed by atoms with Gasteiger partial charge in [-0.3, -0.25) is 32.5 Å². The van der Waals surface area contributed by atoms with Crippen molar-refractivity contribution in [3.63, 3.8) is 0 Å². The fraction of sp³-hybridized carbons (Fsp3) is 0.667. The normalized spacial score (nSPS) is 14.9. The molecule has 5 unspecified atom stereocenters. The van der Waals surface area contributed by atoms with Gasteiger partial charge in [0, 0.05) is 19.3 Å². The second kappa shape index (κ2) is 73.2. The second-order valence-corrected chi connectivity index (χ2v) is 27.9. The number of phosphoric acid groups is 2. The maximum Gasteiger partial charge on any atom is 0.472 e. The number of allylic oxidation sites excluding steroid dienone is 24. The zero-order valence-electron chi connectivity index (χ0n) is 61.6. The lowest BCUT2D eigenvalue weighted by Crippen LogP contribution is -2.30. The first-order valence-corrected chi connectivity index (χ1v) is 41.1. The Labute approximate surface area is 600 Å². The molecule has 0 saturated heterocycles. The maximum atomic E-state index is 13.0. The minimum absolute atomic E-state index is 0.0811. The molecule has 0 aromatic heterocycles. The van der Waals surface area contributed by atoms with Crippen LogP contribution in [0.5, 0.6) is 0 Å². The summed E-state index contributed by atoms with van der Waals surface area (Å²) in [5, 5.41) is 20.6. The van der Waals surface area contributed by atoms with E-state index in [0.717, 1.165) is 161 Å². The third-order valence-electron chi connectivity index (χ3n) is 15.5. The summed E-state index contributed by atoms with van der Waals surface area (Å²) in [6, 6.07) is 0. The summed E-state index contributed by atoms with van der Waals surface area (Å²) < 4.78 is 61.1. The number of hydrogen-bond donors (Lipinski definition) is 4. The molecule has 0 spiro atoms. The minimum atomic E-state index is -4.94. The Morgan fingerprint density at radius 1 is 0.293 bits per heavy atom. The van der Waals surface area contributed by atoms with Crippen LogP contribution in [0.1, 0.15) is 290 Å². The zero-order valence-corrected chi connectivity index (χ0v) is 63.4. The molecule has 0 aromatic rings. The quantitative estimate of drug-likeness (QED) is 0.0146. The molecule has 0 bridgehead atoms. The summed E-state index contributed by atoms with van der Waals surface area (Å²) in [6.07, 6.45) is 88.9. The smallest absolute Gasteiger partial charge is 0.463 e. The molecule has 0 aromatic carbocycles. The number of unbranched alkanes of at least 4 members (excludes halogenated alkanes) is 24. The predicted molar refractivity (Wildman–Crippen MR) is 408 cm³/mol. The molecule has 99 heavy (non-hydrogen) atoms. The van der Waals surface area contributed by atoms with E-state index in [1.54, 1.807) is 0 Å². The van der Waals surface area contributed by atoms with Crippen LogP contribution in [-0.2, 0) is 55.8 Å². The molecular formula is C81H136O16P2. The van der Waals surface area contributed by atoms with Gasteiger partial charge in [0.2, 0.25) is 0 Å². The van der Waals surface area contributed by atoms with Crippen molar-refractivity contribution in [2.75, 3.05) is 39.6 Å². The van der Waals surface area contributed by atoms with Gasteiger partial charge in [-0.2, -0.15) is 0 Å². The van der Waals surface area contributed by atoms with E-state index < -0.39 is 91.5 Å². The molecule has 0 heterocycles. The first-order chi connectivity index (χ1) is 48.2. The average molecular weight is 1430 g/mol. The van der Waals surface area contributed by atoms with Crippen LogP contribution in [-0.4, -0.2) is 95.9 Å². The highest BCUT2D eigenvalue weighted by Gasteiger charge is 2.29. The van der Waals surface area contributed by atoms with Crippen LogP contribution in [0.4, 0.5) is 0 Å². The Morgan fingerprint density at radius 2 is 0.535 bits per heavy atom. The molecule has 0 amide bonds. The summed E-state index contributed by atoms with van der Waals surface area (Å²) in [6.45, 7) is 2.37. The predicted octanol–water partition coefficient (Wildman–Crippen LogP) is 22.1. The SMILES string of the molecule is CC/C=C\C/C=C\C/C=C\C/C=C\C/C=C\CCCCCC(=O)OCC(COP(=O)(O)OCC(O)COP(=O)(O)OCC(O)COC(=O)CCCCCCCCCCCCC/C=C\C/C=C\C/C=C\C/C=C\CCCCC)OC(=O)CCCCCCCCC/C=C\C/C=C\C/C=C\CC. The van der Waals surface area contributed by atoms with Gasteiger partial charge < -0.3 is 34.2 Å². The van der Waals surface area contributed by atoms with Crippen molar-refractivity contribution in [3.8, 4) is 0 Å². The maximum absolute atomic E-state index is 13.0. The molecule has 16 nitrogen and oxygen atoms in total. The summed E-state index contributed by atoms with van der Waals surface area (Å²) in [5.74, 6) is -1.63. The number of rotatable bonds is 71. The van der Waals surface area contributed by atoms with Gasteiger partial charge in [0.1, 0.15) is 25.4 Å². The molecular weight excluding hydrogens is 1290 g/mol. The third-order valence-corrected chi connectivity index (χ3v) is 17.4. The third kappa shape index (κ3) is 74.4. The molecule has 18 heteroatoms. The van der Waals surface area contributed by atoms with E-state index in [1.807, 2.05) is 0 Å². The molecule has 0 saturated carbocycles. The van der Waals surface area contributed by atoms with E-state index in [1.165, 1.54) is 70.6 Å². The Balaban J connectivity index is 4.62. The fourth-order valence-corrected chi connectivity index (χ4v) is 11.4. The van der Waals surface area contributed by atoms with Gasteiger partial charge in [-0.25, -0.2) is 9.13 Å². The van der Waals surface area contributed by atoms with E-state index in [0.29, 0.717) is 19.3 Å². The highest BCUT2D eigenvalue weighted by molar-refractivity contribution is 7.47. The van der Waals surface area contributed by atoms with Gasteiger partial charge in [-0.1, -0.05) is 276 Å². The van der Waals surface area contributed by atoms with Crippen LogP contribution in [0.3, 0.4) is 0 Å². The molecule has 4 N–H and O–H groups in total. The van der Waals surface area contributed by atoms with Crippen molar-refractivity contribution in [1.29, 1.82) is 0 Å². The molecule has 0 aliphatic rings. The summed E-state index contributed by atoms with van der Waals surface area (Å²) in [5.41, 5.74) is 0. The summed E-state index contributed by atoms with van der Waals surface area (Å²) >= 11 is 0. The van der Waals surface area contributed by atoms with Gasteiger partial charge in [-0.05, 0) is 141 Å². The van der Waals surface area contributed by atoms with Gasteiger partial charge in [0.15, 0.2) is 6.10 Å². The lowest BCUT2D eigenvalue weighted by molar-refractivity contribution is -0.161. The fourth-order valence-electron chi connectivity index (χ4n) is 9.77. The Morgan fingerprint density at radius 3 is 0.859 bits per heavy atom. The molecule has 566 valence electrons. The van der Waals surface area contributed by atoms with E-state index in [-0.39, 0.29) is 19.3 Å². The lowest BCUT2D eigenvalue weighted by atomic mass is 10.0. The average Bonchev–Trinajstić information content (AvgIpc) is 3.78. The first-order valence-electron chi connectivity index (χ1n) is 38.1. The van der Waals surface area contributed by atoms with Crippen molar-refractivity contribution < 1.29 is 75.8 Å². The minimum Gasteiger partial charge on any atom is -0.463 e. The molecule has 0 radical (unpaired) electrons. The summed E-state index contributed by atoms with van der Waals surface area (Å²) in [7, 11) is -9.81. The largest absolute Gasteiger partial charge is 0.472 e.